The van der Waals surface area contributed by atoms with Crippen LogP contribution in [0.3, 0.4) is 0 Å². The Kier molecular flexibility index (Phi) is 2.96. The molecule has 4 rings (SSSR count). The number of ketones is 1. The average Bonchev–Trinajstić information content (AvgIpc) is 3.06. The van der Waals surface area contributed by atoms with Gasteiger partial charge in [0.15, 0.2) is 0 Å². The highest BCUT2D eigenvalue weighted by Gasteiger charge is 2.22. The van der Waals surface area contributed by atoms with Crippen molar-refractivity contribution in [2.75, 3.05) is 0 Å². The van der Waals surface area contributed by atoms with Gasteiger partial charge in [0.2, 0.25) is 5.78 Å². The van der Waals surface area contributed by atoms with Crippen LogP contribution in [0.4, 0.5) is 0 Å². The number of carbonyl (C=O) groups is 1. The van der Waals surface area contributed by atoms with Crippen molar-refractivity contribution in [3.8, 4) is 0 Å². The van der Waals surface area contributed by atoms with Gasteiger partial charge in [-0.05, 0) is 50.3 Å². The van der Waals surface area contributed by atoms with Gasteiger partial charge in [-0.1, -0.05) is 18.2 Å². The standard InChI is InChI=1S/C18H17NOS/c1-11-17(13-7-3-4-8-14(13)19-11)18(20)16-10-12-6-2-5-9-15(12)21-16/h3-4,7-8,10,19H,2,5-6,9H2,1H3. The zero-order chi connectivity index (χ0) is 14.4. The molecular weight excluding hydrogens is 278 g/mol. The highest BCUT2D eigenvalue weighted by molar-refractivity contribution is 7.14. The number of para-hydroxylation sites is 1. The van der Waals surface area contributed by atoms with E-state index in [4.69, 9.17) is 0 Å². The summed E-state index contributed by atoms with van der Waals surface area (Å²) in [5.41, 5.74) is 4.24. The summed E-state index contributed by atoms with van der Waals surface area (Å²) in [6, 6.07) is 10.2. The topological polar surface area (TPSA) is 32.9 Å². The number of nitrogens with one attached hydrogen (secondary N) is 1. The molecule has 0 fully saturated rings. The molecule has 21 heavy (non-hydrogen) atoms. The van der Waals surface area contributed by atoms with E-state index in [1.54, 1.807) is 11.3 Å². The number of H-pyrrole nitrogens is 1. The van der Waals surface area contributed by atoms with E-state index in [1.807, 2.05) is 31.2 Å². The number of hydrogen-bond donors (Lipinski definition) is 1. The van der Waals surface area contributed by atoms with Crippen LogP contribution < -0.4 is 0 Å². The Morgan fingerprint density at radius 3 is 2.86 bits per heavy atom. The molecular formula is C18H17NOS. The predicted octanol–water partition coefficient (Wildman–Crippen LogP) is 4.65. The quantitative estimate of drug-likeness (QED) is 0.686. The number of aromatic nitrogens is 1. The Balaban J connectivity index is 1.83. The third-order valence-corrected chi connectivity index (χ3v) is 5.58. The number of benzene rings is 1. The Labute approximate surface area is 127 Å². The van der Waals surface area contributed by atoms with E-state index in [9.17, 15) is 4.79 Å². The molecule has 3 heteroatoms. The Hall–Kier alpha value is -1.87. The number of carbonyl (C=O) groups excluding carboxylic acids is 1. The maximum Gasteiger partial charge on any atom is 0.205 e. The Morgan fingerprint density at radius 1 is 1.19 bits per heavy atom. The first-order valence-corrected chi connectivity index (χ1v) is 8.29. The van der Waals surface area contributed by atoms with E-state index in [2.05, 4.69) is 11.1 Å². The fourth-order valence-corrected chi connectivity index (χ4v) is 4.49. The Bertz CT molecular complexity index is 817. The number of rotatable bonds is 2. The number of thiophene rings is 1. The average molecular weight is 295 g/mol. The van der Waals surface area contributed by atoms with E-state index in [0.717, 1.165) is 39.9 Å². The number of hydrogen-bond acceptors (Lipinski definition) is 2. The van der Waals surface area contributed by atoms with Gasteiger partial charge in [0.25, 0.3) is 0 Å². The molecule has 0 saturated carbocycles. The highest BCUT2D eigenvalue weighted by atomic mass is 32.1. The lowest BCUT2D eigenvalue weighted by Crippen LogP contribution is -2.00. The third-order valence-electron chi connectivity index (χ3n) is 4.34. The van der Waals surface area contributed by atoms with Crippen LogP contribution in [0.25, 0.3) is 10.9 Å². The van der Waals surface area contributed by atoms with Crippen molar-refractivity contribution in [3.63, 3.8) is 0 Å². The molecule has 106 valence electrons. The molecule has 2 nitrogen and oxygen atoms in total. The van der Waals surface area contributed by atoms with Crippen molar-refractivity contribution in [1.82, 2.24) is 4.98 Å². The molecule has 3 aromatic rings. The lowest BCUT2D eigenvalue weighted by molar-refractivity contribution is 0.104. The van der Waals surface area contributed by atoms with Gasteiger partial charge in [-0.3, -0.25) is 4.79 Å². The lowest BCUT2D eigenvalue weighted by Gasteiger charge is -2.08. The van der Waals surface area contributed by atoms with Crippen molar-refractivity contribution in [2.45, 2.75) is 32.6 Å². The highest BCUT2D eigenvalue weighted by Crippen LogP contribution is 2.33. The fraction of sp³-hybridized carbons (Fsp3) is 0.278. The van der Waals surface area contributed by atoms with Crippen molar-refractivity contribution in [3.05, 3.63) is 56.9 Å². The largest absolute Gasteiger partial charge is 0.358 e. The van der Waals surface area contributed by atoms with Gasteiger partial charge >= 0.3 is 0 Å². The van der Waals surface area contributed by atoms with Gasteiger partial charge in [0.05, 0.1) is 10.4 Å². The molecule has 2 aromatic heterocycles. The maximum atomic E-state index is 13.0. The second kappa shape index (κ2) is 4.85. The van der Waals surface area contributed by atoms with Crippen LogP contribution in [0.5, 0.6) is 0 Å². The first-order valence-electron chi connectivity index (χ1n) is 7.47. The molecule has 0 amide bonds. The van der Waals surface area contributed by atoms with Crippen molar-refractivity contribution in [2.24, 2.45) is 0 Å². The summed E-state index contributed by atoms with van der Waals surface area (Å²) in [5, 5.41) is 1.03. The lowest BCUT2D eigenvalue weighted by atomic mass is 9.98. The number of fused-ring (bicyclic) bond motifs is 2. The van der Waals surface area contributed by atoms with Gasteiger partial charge in [0, 0.05) is 21.5 Å². The number of aryl methyl sites for hydroxylation is 3. The molecule has 0 radical (unpaired) electrons. The summed E-state index contributed by atoms with van der Waals surface area (Å²) in [4.78, 5) is 18.6. The van der Waals surface area contributed by atoms with Crippen LogP contribution in [0.15, 0.2) is 30.3 Å². The van der Waals surface area contributed by atoms with Crippen LogP contribution in [0, 0.1) is 6.92 Å². The smallest absolute Gasteiger partial charge is 0.205 e. The van der Waals surface area contributed by atoms with Gasteiger partial charge in [0.1, 0.15) is 0 Å². The van der Waals surface area contributed by atoms with Crippen molar-refractivity contribution in [1.29, 1.82) is 0 Å². The SMILES string of the molecule is Cc1[nH]c2ccccc2c1C(=O)c1cc2c(s1)CCCC2. The summed E-state index contributed by atoms with van der Waals surface area (Å²) in [6.07, 6.45) is 4.78. The molecule has 0 unspecified atom stereocenters. The van der Waals surface area contributed by atoms with Gasteiger partial charge in [-0.15, -0.1) is 11.3 Å². The van der Waals surface area contributed by atoms with Crippen LogP contribution in [0.2, 0.25) is 0 Å². The van der Waals surface area contributed by atoms with Crippen LogP contribution in [0.1, 0.15) is 44.2 Å². The van der Waals surface area contributed by atoms with Crippen LogP contribution in [-0.4, -0.2) is 10.8 Å². The molecule has 0 spiro atoms. The molecule has 0 aliphatic heterocycles. The minimum atomic E-state index is 0.171. The van der Waals surface area contributed by atoms with Gasteiger partial charge < -0.3 is 4.98 Å². The maximum absolute atomic E-state index is 13.0. The molecule has 0 saturated heterocycles. The molecule has 1 N–H and O–H groups in total. The van der Waals surface area contributed by atoms with Crippen molar-refractivity contribution < 1.29 is 4.79 Å². The second-order valence-corrected chi connectivity index (χ2v) is 6.90. The van der Waals surface area contributed by atoms with E-state index >= 15 is 0 Å². The summed E-state index contributed by atoms with van der Waals surface area (Å²) in [7, 11) is 0. The molecule has 1 aromatic carbocycles. The summed E-state index contributed by atoms with van der Waals surface area (Å²) < 4.78 is 0. The van der Waals surface area contributed by atoms with E-state index in [1.165, 1.54) is 23.3 Å². The number of aromatic amines is 1. The predicted molar refractivity (Wildman–Crippen MR) is 87.4 cm³/mol. The zero-order valence-corrected chi connectivity index (χ0v) is 12.8. The third kappa shape index (κ3) is 2.04. The molecule has 1 aliphatic rings. The first kappa shape index (κ1) is 12.8. The van der Waals surface area contributed by atoms with E-state index in [-0.39, 0.29) is 5.78 Å². The summed E-state index contributed by atoms with van der Waals surface area (Å²) in [5.74, 6) is 0.171. The molecule has 1 aliphatic carbocycles. The van der Waals surface area contributed by atoms with E-state index in [0.29, 0.717) is 0 Å². The summed E-state index contributed by atoms with van der Waals surface area (Å²) >= 11 is 1.70. The minimum absolute atomic E-state index is 0.171. The van der Waals surface area contributed by atoms with Gasteiger partial charge in [-0.2, -0.15) is 0 Å². The van der Waals surface area contributed by atoms with Gasteiger partial charge in [-0.25, -0.2) is 0 Å². The Morgan fingerprint density at radius 2 is 2.00 bits per heavy atom. The van der Waals surface area contributed by atoms with Crippen LogP contribution >= 0.6 is 11.3 Å². The summed E-state index contributed by atoms with van der Waals surface area (Å²) in [6.45, 7) is 1.99. The zero-order valence-electron chi connectivity index (χ0n) is 12.0. The first-order chi connectivity index (χ1) is 10.2. The molecule has 0 atom stereocenters. The molecule has 2 heterocycles. The fourth-order valence-electron chi connectivity index (χ4n) is 3.29. The van der Waals surface area contributed by atoms with E-state index < -0.39 is 0 Å². The normalized spacial score (nSPS) is 14.3. The van der Waals surface area contributed by atoms with Crippen LogP contribution in [-0.2, 0) is 12.8 Å². The monoisotopic (exact) mass is 295 g/mol. The molecule has 0 bridgehead atoms. The minimum Gasteiger partial charge on any atom is -0.358 e. The second-order valence-electron chi connectivity index (χ2n) is 5.77. The van der Waals surface area contributed by atoms with Crippen molar-refractivity contribution >= 4 is 28.0 Å².